The third-order valence-electron chi connectivity index (χ3n) is 6.60. The van der Waals surface area contributed by atoms with Crippen molar-refractivity contribution in [2.75, 3.05) is 18.5 Å². The lowest BCUT2D eigenvalue weighted by Crippen LogP contribution is -2.35. The largest absolute Gasteiger partial charge is 0.466 e. The van der Waals surface area contributed by atoms with Crippen molar-refractivity contribution in [1.29, 1.82) is 0 Å². The van der Waals surface area contributed by atoms with Crippen molar-refractivity contribution in [3.8, 4) is 11.1 Å². The average molecular weight is 539 g/mol. The van der Waals surface area contributed by atoms with E-state index in [0.717, 1.165) is 23.3 Å². The zero-order chi connectivity index (χ0) is 28.0. The Balaban J connectivity index is 1.40. The van der Waals surface area contributed by atoms with Crippen LogP contribution in [0.25, 0.3) is 11.1 Å². The van der Waals surface area contributed by atoms with Crippen LogP contribution in [0.1, 0.15) is 53.2 Å². The van der Waals surface area contributed by atoms with Crippen LogP contribution in [0.3, 0.4) is 0 Å². The minimum Gasteiger partial charge on any atom is -0.466 e. The second-order valence-electron chi connectivity index (χ2n) is 9.28. The van der Waals surface area contributed by atoms with Gasteiger partial charge in [0.05, 0.1) is 12.2 Å². The van der Waals surface area contributed by atoms with E-state index in [9.17, 15) is 27.6 Å². The van der Waals surface area contributed by atoms with Gasteiger partial charge >= 0.3 is 12.1 Å². The molecule has 0 bridgehead atoms. The summed E-state index contributed by atoms with van der Waals surface area (Å²) in [4.78, 5) is 39.0. The highest BCUT2D eigenvalue weighted by molar-refractivity contribution is 6.08. The Morgan fingerprint density at radius 2 is 1.69 bits per heavy atom. The predicted molar refractivity (Wildman–Crippen MR) is 141 cm³/mol. The molecule has 0 spiro atoms. The molecular formula is C30H29F3N2O4. The molecule has 0 fully saturated rings. The Kier molecular flexibility index (Phi) is 8.69. The number of nitrogens with zero attached hydrogens (tertiary/aromatic N) is 1. The van der Waals surface area contributed by atoms with Crippen molar-refractivity contribution < 1.29 is 32.3 Å². The van der Waals surface area contributed by atoms with E-state index in [1.807, 2.05) is 12.1 Å². The maximum atomic E-state index is 13.2. The van der Waals surface area contributed by atoms with Gasteiger partial charge in [0, 0.05) is 37.2 Å². The van der Waals surface area contributed by atoms with E-state index in [-0.39, 0.29) is 30.6 Å². The minimum atomic E-state index is -4.43. The molecule has 204 valence electrons. The fourth-order valence-electron chi connectivity index (χ4n) is 4.59. The van der Waals surface area contributed by atoms with Crippen LogP contribution >= 0.6 is 0 Å². The molecule has 4 rings (SSSR count). The van der Waals surface area contributed by atoms with Crippen molar-refractivity contribution in [1.82, 2.24) is 4.90 Å². The van der Waals surface area contributed by atoms with Crippen molar-refractivity contribution >= 4 is 23.5 Å². The standard InChI is InChI=1S/C30H29F3N2O4/c1-2-39-28(37)9-5-8-27(36)35-17-16-21-18-24(15-12-22(21)19-35)34-29(38)26-7-4-3-6-25(26)20-10-13-23(14-11-20)30(31,32)33/h3-4,6-7,10-15,18H,2,5,8-9,16-17,19H2,1H3,(H,34,38). The first-order chi connectivity index (χ1) is 18.7. The van der Waals surface area contributed by atoms with E-state index in [4.69, 9.17) is 4.74 Å². The van der Waals surface area contributed by atoms with Gasteiger partial charge in [-0.05, 0) is 72.4 Å². The Bertz CT molecular complexity index is 1350. The fourth-order valence-corrected chi connectivity index (χ4v) is 4.59. The van der Waals surface area contributed by atoms with Gasteiger partial charge in [0.2, 0.25) is 5.91 Å². The Labute approximate surface area is 224 Å². The number of fused-ring (bicyclic) bond motifs is 1. The van der Waals surface area contributed by atoms with Gasteiger partial charge in [-0.2, -0.15) is 13.2 Å². The summed E-state index contributed by atoms with van der Waals surface area (Å²) in [7, 11) is 0. The third kappa shape index (κ3) is 7.04. The molecule has 39 heavy (non-hydrogen) atoms. The van der Waals surface area contributed by atoms with Gasteiger partial charge in [-0.1, -0.05) is 36.4 Å². The quantitative estimate of drug-likeness (QED) is 0.345. The number of esters is 1. The first-order valence-corrected chi connectivity index (χ1v) is 12.8. The van der Waals surface area contributed by atoms with Gasteiger partial charge in [0.1, 0.15) is 0 Å². The maximum absolute atomic E-state index is 13.2. The summed E-state index contributed by atoms with van der Waals surface area (Å²) in [5.41, 5.74) is 3.23. The summed E-state index contributed by atoms with van der Waals surface area (Å²) >= 11 is 0. The molecule has 9 heteroatoms. The molecule has 0 atom stereocenters. The van der Waals surface area contributed by atoms with Gasteiger partial charge in [0.25, 0.3) is 5.91 Å². The number of carbonyl (C=O) groups excluding carboxylic acids is 3. The Hall–Kier alpha value is -4.14. The number of halogens is 3. The molecule has 1 aliphatic rings. The first-order valence-electron chi connectivity index (χ1n) is 12.8. The summed E-state index contributed by atoms with van der Waals surface area (Å²) in [5, 5.41) is 2.89. The Morgan fingerprint density at radius 1 is 0.949 bits per heavy atom. The molecule has 0 saturated carbocycles. The molecule has 1 heterocycles. The van der Waals surface area contributed by atoms with Crippen molar-refractivity contribution in [2.45, 2.75) is 45.3 Å². The third-order valence-corrected chi connectivity index (χ3v) is 6.60. The number of ether oxygens (including phenoxy) is 1. The number of carbonyl (C=O) groups is 3. The van der Waals surface area contributed by atoms with Crippen molar-refractivity contribution in [3.05, 3.63) is 89.0 Å². The predicted octanol–water partition coefficient (Wildman–Crippen LogP) is 6.24. The highest BCUT2D eigenvalue weighted by atomic mass is 19.4. The number of nitrogens with one attached hydrogen (secondary N) is 1. The first kappa shape index (κ1) is 27.9. The lowest BCUT2D eigenvalue weighted by atomic mass is 9.97. The van der Waals surface area contributed by atoms with E-state index in [1.54, 1.807) is 42.2 Å². The summed E-state index contributed by atoms with van der Waals surface area (Å²) < 4.78 is 43.8. The fraction of sp³-hybridized carbons (Fsp3) is 0.300. The monoisotopic (exact) mass is 538 g/mol. The summed E-state index contributed by atoms with van der Waals surface area (Å²) in [6.07, 6.45) is -2.86. The number of hydrogen-bond acceptors (Lipinski definition) is 4. The van der Waals surface area contributed by atoms with Crippen LogP contribution in [0, 0.1) is 0 Å². The van der Waals surface area contributed by atoms with Crippen molar-refractivity contribution in [3.63, 3.8) is 0 Å². The molecule has 2 amide bonds. The molecule has 1 aliphatic heterocycles. The normalized spacial score (nSPS) is 13.0. The number of hydrogen-bond donors (Lipinski definition) is 1. The van der Waals surface area contributed by atoms with Crippen LogP contribution in [0.15, 0.2) is 66.7 Å². The van der Waals surface area contributed by atoms with E-state index in [1.165, 1.54) is 12.1 Å². The van der Waals surface area contributed by atoms with E-state index < -0.39 is 11.7 Å². The van der Waals surface area contributed by atoms with Crippen LogP contribution in [0.5, 0.6) is 0 Å². The van der Waals surface area contributed by atoms with Crippen LogP contribution in [0.4, 0.5) is 18.9 Å². The molecule has 0 saturated heterocycles. The van der Waals surface area contributed by atoms with Crippen molar-refractivity contribution in [2.24, 2.45) is 0 Å². The SMILES string of the molecule is CCOC(=O)CCCC(=O)N1CCc2cc(NC(=O)c3ccccc3-c3ccc(C(F)(F)F)cc3)ccc2C1. The van der Waals surface area contributed by atoms with E-state index >= 15 is 0 Å². The molecular weight excluding hydrogens is 509 g/mol. The molecule has 3 aromatic carbocycles. The number of benzene rings is 3. The van der Waals surface area contributed by atoms with Crippen LogP contribution < -0.4 is 5.32 Å². The zero-order valence-corrected chi connectivity index (χ0v) is 21.5. The lowest BCUT2D eigenvalue weighted by Gasteiger charge is -2.29. The highest BCUT2D eigenvalue weighted by Gasteiger charge is 2.30. The molecule has 1 N–H and O–H groups in total. The number of rotatable bonds is 8. The summed E-state index contributed by atoms with van der Waals surface area (Å²) in [6.45, 7) is 3.06. The molecule has 0 aromatic heterocycles. The topological polar surface area (TPSA) is 75.7 Å². The smallest absolute Gasteiger partial charge is 0.416 e. The Morgan fingerprint density at radius 3 is 2.41 bits per heavy atom. The number of anilines is 1. The average Bonchev–Trinajstić information content (AvgIpc) is 2.92. The summed E-state index contributed by atoms with van der Waals surface area (Å²) in [5.74, 6) is -0.687. The number of alkyl halides is 3. The van der Waals surface area contributed by atoms with Crippen LogP contribution in [-0.2, 0) is 33.5 Å². The van der Waals surface area contributed by atoms with Gasteiger partial charge in [-0.25, -0.2) is 0 Å². The highest BCUT2D eigenvalue weighted by Crippen LogP contribution is 2.32. The minimum absolute atomic E-state index is 0.0119. The van der Waals surface area contributed by atoms with E-state index in [0.29, 0.717) is 54.9 Å². The van der Waals surface area contributed by atoms with Gasteiger partial charge < -0.3 is 15.0 Å². The molecule has 3 aromatic rings. The molecule has 6 nitrogen and oxygen atoms in total. The maximum Gasteiger partial charge on any atom is 0.416 e. The van der Waals surface area contributed by atoms with Gasteiger partial charge in [0.15, 0.2) is 0 Å². The van der Waals surface area contributed by atoms with Gasteiger partial charge in [-0.15, -0.1) is 0 Å². The lowest BCUT2D eigenvalue weighted by molar-refractivity contribution is -0.143. The molecule has 0 radical (unpaired) electrons. The van der Waals surface area contributed by atoms with Crippen LogP contribution in [0.2, 0.25) is 0 Å². The second kappa shape index (κ2) is 12.1. The second-order valence-corrected chi connectivity index (χ2v) is 9.28. The summed E-state index contributed by atoms with van der Waals surface area (Å²) in [6, 6.07) is 17.0. The van der Waals surface area contributed by atoms with Crippen LogP contribution in [-0.4, -0.2) is 35.8 Å². The van der Waals surface area contributed by atoms with Gasteiger partial charge in [-0.3, -0.25) is 14.4 Å². The molecule has 0 unspecified atom stereocenters. The molecule has 0 aliphatic carbocycles. The number of amides is 2. The van der Waals surface area contributed by atoms with E-state index in [2.05, 4.69) is 5.32 Å². The zero-order valence-electron chi connectivity index (χ0n) is 21.5.